The molecule has 1 atom stereocenters. The predicted octanol–water partition coefficient (Wildman–Crippen LogP) is 4.25. The second-order valence-corrected chi connectivity index (χ2v) is 9.30. The summed E-state index contributed by atoms with van der Waals surface area (Å²) in [5.74, 6) is -0.106. The molecule has 1 amide bonds. The van der Waals surface area contributed by atoms with Gasteiger partial charge in [-0.15, -0.1) is 11.3 Å². The molecule has 1 N–H and O–H groups in total. The first kappa shape index (κ1) is 19.4. The van der Waals surface area contributed by atoms with Gasteiger partial charge < -0.3 is 0 Å². The van der Waals surface area contributed by atoms with Gasteiger partial charge >= 0.3 is 0 Å². The van der Waals surface area contributed by atoms with E-state index >= 15 is 0 Å². The van der Waals surface area contributed by atoms with Crippen LogP contribution in [-0.4, -0.2) is 25.0 Å². The smallest absolute Gasteiger partial charge is 0.261 e. The normalized spacial score (nSPS) is 16.5. The number of carbonyl (C=O) groups excluding carboxylic acids is 1. The molecule has 29 heavy (non-hydrogen) atoms. The number of nitrogens with zero attached hydrogens (tertiary/aromatic N) is 2. The van der Waals surface area contributed by atoms with Crippen LogP contribution < -0.4 is 4.72 Å². The van der Waals surface area contributed by atoms with E-state index in [1.807, 2.05) is 29.6 Å². The maximum Gasteiger partial charge on any atom is 0.261 e. The Morgan fingerprint density at radius 2 is 1.79 bits per heavy atom. The summed E-state index contributed by atoms with van der Waals surface area (Å²) in [4.78, 5) is 13.3. The molecule has 0 saturated carbocycles. The first-order valence-corrected chi connectivity index (χ1v) is 11.4. The van der Waals surface area contributed by atoms with Gasteiger partial charge in [0, 0.05) is 23.9 Å². The van der Waals surface area contributed by atoms with Gasteiger partial charge in [0.2, 0.25) is 5.91 Å². The second-order valence-electron chi connectivity index (χ2n) is 6.64. The van der Waals surface area contributed by atoms with Crippen LogP contribution in [0.5, 0.6) is 0 Å². The first-order valence-electron chi connectivity index (χ1n) is 9.03. The highest BCUT2D eigenvalue weighted by Crippen LogP contribution is 2.35. The fraction of sp³-hybridized carbons (Fsp3) is 0.143. The van der Waals surface area contributed by atoms with E-state index in [-0.39, 0.29) is 16.8 Å². The van der Waals surface area contributed by atoms with Gasteiger partial charge in [-0.1, -0.05) is 36.4 Å². The molecule has 0 bridgehead atoms. The molecule has 0 radical (unpaired) electrons. The van der Waals surface area contributed by atoms with Crippen LogP contribution in [0.25, 0.3) is 0 Å². The van der Waals surface area contributed by atoms with E-state index in [1.54, 1.807) is 53.8 Å². The number of benzene rings is 2. The lowest BCUT2D eigenvalue weighted by Gasteiger charge is -2.18. The van der Waals surface area contributed by atoms with Crippen molar-refractivity contribution in [3.05, 3.63) is 82.6 Å². The fourth-order valence-corrected chi connectivity index (χ4v) is 5.11. The minimum atomic E-state index is -3.64. The number of nitrogens with one attached hydrogen (secondary N) is 1. The van der Waals surface area contributed by atoms with Crippen molar-refractivity contribution in [2.75, 3.05) is 4.72 Å². The van der Waals surface area contributed by atoms with Crippen molar-refractivity contribution in [3.8, 4) is 0 Å². The Bertz CT molecular complexity index is 1140. The first-order chi connectivity index (χ1) is 13.9. The van der Waals surface area contributed by atoms with Crippen LogP contribution in [0.1, 0.15) is 29.8 Å². The zero-order chi connectivity index (χ0) is 20.4. The van der Waals surface area contributed by atoms with Gasteiger partial charge in [-0.2, -0.15) is 5.10 Å². The highest BCUT2D eigenvalue weighted by atomic mass is 32.2. The number of rotatable bonds is 5. The average Bonchev–Trinajstić information content (AvgIpc) is 3.39. The topological polar surface area (TPSA) is 78.8 Å². The molecule has 0 aliphatic carbocycles. The number of amides is 1. The summed E-state index contributed by atoms with van der Waals surface area (Å²) >= 11 is 1.60. The number of hydrogen-bond donors (Lipinski definition) is 1. The van der Waals surface area contributed by atoms with E-state index in [4.69, 9.17) is 0 Å². The average molecular weight is 426 g/mol. The van der Waals surface area contributed by atoms with E-state index in [0.717, 1.165) is 16.2 Å². The monoisotopic (exact) mass is 425 g/mol. The molecule has 0 spiro atoms. The Hall–Kier alpha value is -2.97. The van der Waals surface area contributed by atoms with Crippen LogP contribution in [-0.2, 0) is 14.8 Å². The fourth-order valence-electron chi connectivity index (χ4n) is 3.22. The molecular weight excluding hydrogens is 406 g/mol. The predicted molar refractivity (Wildman–Crippen MR) is 114 cm³/mol. The SMILES string of the molecule is CC(=O)N1N=C(c2ccc(NS(=O)(=O)c3ccccc3)cc2)CC1c1cccs1. The van der Waals surface area contributed by atoms with Crippen molar-refractivity contribution in [2.45, 2.75) is 24.3 Å². The highest BCUT2D eigenvalue weighted by molar-refractivity contribution is 7.92. The number of hydrazone groups is 1. The summed E-state index contributed by atoms with van der Waals surface area (Å²) in [6.45, 7) is 1.51. The maximum atomic E-state index is 12.5. The summed E-state index contributed by atoms with van der Waals surface area (Å²) in [5, 5.41) is 8.02. The van der Waals surface area contributed by atoms with Gasteiger partial charge in [-0.3, -0.25) is 9.52 Å². The molecule has 3 aromatic rings. The Labute approximate surface area is 173 Å². The van der Waals surface area contributed by atoms with Crippen molar-refractivity contribution in [2.24, 2.45) is 5.10 Å². The van der Waals surface area contributed by atoms with Crippen molar-refractivity contribution < 1.29 is 13.2 Å². The van der Waals surface area contributed by atoms with Crippen LogP contribution in [0.4, 0.5) is 5.69 Å². The van der Waals surface area contributed by atoms with E-state index in [0.29, 0.717) is 12.1 Å². The number of thiophene rings is 1. The highest BCUT2D eigenvalue weighted by Gasteiger charge is 2.31. The van der Waals surface area contributed by atoms with Crippen molar-refractivity contribution >= 4 is 38.7 Å². The van der Waals surface area contributed by atoms with Crippen molar-refractivity contribution in [3.63, 3.8) is 0 Å². The summed E-state index contributed by atoms with van der Waals surface area (Å²) in [6, 6.07) is 19.1. The molecule has 0 fully saturated rings. The molecule has 2 aromatic carbocycles. The molecule has 4 rings (SSSR count). The largest absolute Gasteiger partial charge is 0.280 e. The molecule has 1 aliphatic heterocycles. The zero-order valence-corrected chi connectivity index (χ0v) is 17.3. The minimum Gasteiger partial charge on any atom is -0.280 e. The Morgan fingerprint density at radius 1 is 1.07 bits per heavy atom. The summed E-state index contributed by atoms with van der Waals surface area (Å²) in [5.41, 5.74) is 2.13. The molecule has 148 valence electrons. The third-order valence-corrected chi connectivity index (χ3v) is 7.00. The lowest BCUT2D eigenvalue weighted by Crippen LogP contribution is -2.23. The lowest BCUT2D eigenvalue weighted by molar-refractivity contribution is -0.130. The molecule has 2 heterocycles. The molecule has 1 aliphatic rings. The second kappa shape index (κ2) is 7.81. The lowest BCUT2D eigenvalue weighted by atomic mass is 10.0. The third kappa shape index (κ3) is 4.08. The van der Waals surface area contributed by atoms with Gasteiger partial charge in [0.1, 0.15) is 0 Å². The Kier molecular flexibility index (Phi) is 5.21. The summed E-state index contributed by atoms with van der Waals surface area (Å²) < 4.78 is 27.5. The summed E-state index contributed by atoms with van der Waals surface area (Å²) in [7, 11) is -3.64. The molecule has 6 nitrogen and oxygen atoms in total. The van der Waals surface area contributed by atoms with Crippen LogP contribution in [0.2, 0.25) is 0 Å². The Balaban J connectivity index is 1.54. The standard InChI is InChI=1S/C21H19N3O3S2/c1-15(25)24-20(21-8-5-13-28-21)14-19(22-24)16-9-11-17(12-10-16)23-29(26,27)18-6-3-2-4-7-18/h2-13,20,23H,14H2,1H3. The van der Waals surface area contributed by atoms with E-state index in [1.165, 1.54) is 11.9 Å². The molecule has 0 saturated heterocycles. The van der Waals surface area contributed by atoms with E-state index in [9.17, 15) is 13.2 Å². The van der Waals surface area contributed by atoms with Crippen LogP contribution in [0.3, 0.4) is 0 Å². The molecule has 1 aromatic heterocycles. The van der Waals surface area contributed by atoms with E-state index < -0.39 is 10.0 Å². The molecule has 1 unspecified atom stereocenters. The number of sulfonamides is 1. The molecule has 8 heteroatoms. The van der Waals surface area contributed by atoms with Gasteiger partial charge in [0.25, 0.3) is 10.0 Å². The van der Waals surface area contributed by atoms with Crippen LogP contribution in [0.15, 0.2) is 82.1 Å². The number of carbonyl (C=O) groups is 1. The van der Waals surface area contributed by atoms with E-state index in [2.05, 4.69) is 9.82 Å². The summed E-state index contributed by atoms with van der Waals surface area (Å²) in [6.07, 6.45) is 0.620. The van der Waals surface area contributed by atoms with Gasteiger partial charge in [0.15, 0.2) is 0 Å². The quantitative estimate of drug-likeness (QED) is 0.664. The Morgan fingerprint density at radius 3 is 2.41 bits per heavy atom. The van der Waals surface area contributed by atoms with Gasteiger partial charge in [0.05, 0.1) is 16.6 Å². The maximum absolute atomic E-state index is 12.5. The van der Waals surface area contributed by atoms with Crippen molar-refractivity contribution in [1.29, 1.82) is 0 Å². The number of anilines is 1. The minimum absolute atomic E-state index is 0.0984. The van der Waals surface area contributed by atoms with Crippen LogP contribution >= 0.6 is 11.3 Å². The van der Waals surface area contributed by atoms with Gasteiger partial charge in [-0.05, 0) is 41.3 Å². The molecular formula is C21H19N3O3S2. The van der Waals surface area contributed by atoms with Crippen molar-refractivity contribution in [1.82, 2.24) is 5.01 Å². The third-order valence-electron chi connectivity index (χ3n) is 4.63. The van der Waals surface area contributed by atoms with Gasteiger partial charge in [-0.25, -0.2) is 13.4 Å². The number of hydrogen-bond acceptors (Lipinski definition) is 5. The zero-order valence-electron chi connectivity index (χ0n) is 15.6. The van der Waals surface area contributed by atoms with Crippen LogP contribution in [0, 0.1) is 0 Å².